The lowest BCUT2D eigenvalue weighted by Gasteiger charge is -2.40. The number of fused-ring (bicyclic) bond motifs is 1. The van der Waals surface area contributed by atoms with Crippen LogP contribution in [0.15, 0.2) is 36.5 Å². The molecule has 1 N–H and O–H groups in total. The summed E-state index contributed by atoms with van der Waals surface area (Å²) >= 11 is 0. The molecule has 2 atom stereocenters. The third kappa shape index (κ3) is 3.82. The Bertz CT molecular complexity index is 846. The average Bonchev–Trinajstić information content (AvgIpc) is 2.65. The number of pyridine rings is 1. The van der Waals surface area contributed by atoms with Gasteiger partial charge in [-0.15, -0.1) is 0 Å². The molecule has 1 saturated heterocycles. The zero-order valence-corrected chi connectivity index (χ0v) is 15.9. The van der Waals surface area contributed by atoms with Crippen LogP contribution in [0.4, 0.5) is 0 Å². The standard InChI is InChI=1S/C22H27N3O2/c1-15-9-11-25(22(27)17-4-2-5-17)14-19(15)13-24-21(26)18-8-7-16-6-3-10-23-20(16)12-18/h3,6-8,10,12,15,17,19H,2,4-5,9,11,13-14H2,1H3,(H,24,26). The van der Waals surface area contributed by atoms with Crippen LogP contribution in [0.3, 0.4) is 0 Å². The van der Waals surface area contributed by atoms with Crippen molar-refractivity contribution in [2.24, 2.45) is 17.8 Å². The molecule has 2 fully saturated rings. The lowest BCUT2D eigenvalue weighted by atomic mass is 9.82. The van der Waals surface area contributed by atoms with Gasteiger partial charge < -0.3 is 10.2 Å². The summed E-state index contributed by atoms with van der Waals surface area (Å²) in [6.07, 6.45) is 6.02. The molecule has 2 unspecified atom stereocenters. The molecule has 1 aromatic heterocycles. The van der Waals surface area contributed by atoms with E-state index in [-0.39, 0.29) is 11.8 Å². The van der Waals surface area contributed by atoms with Gasteiger partial charge in [0, 0.05) is 42.7 Å². The van der Waals surface area contributed by atoms with E-state index in [1.165, 1.54) is 6.42 Å². The molecule has 4 rings (SSSR count). The largest absolute Gasteiger partial charge is 0.352 e. The van der Waals surface area contributed by atoms with E-state index in [0.29, 0.717) is 29.9 Å². The second-order valence-corrected chi connectivity index (χ2v) is 8.06. The molecule has 5 heteroatoms. The van der Waals surface area contributed by atoms with Gasteiger partial charge in [-0.3, -0.25) is 14.6 Å². The summed E-state index contributed by atoms with van der Waals surface area (Å²) in [5.41, 5.74) is 1.46. The van der Waals surface area contributed by atoms with Crippen LogP contribution in [0.2, 0.25) is 0 Å². The highest BCUT2D eigenvalue weighted by Crippen LogP contribution is 2.31. The maximum atomic E-state index is 12.6. The van der Waals surface area contributed by atoms with Gasteiger partial charge >= 0.3 is 0 Å². The Labute approximate surface area is 160 Å². The van der Waals surface area contributed by atoms with E-state index < -0.39 is 0 Å². The molecular weight excluding hydrogens is 338 g/mol. The van der Waals surface area contributed by atoms with Crippen molar-refractivity contribution in [1.82, 2.24) is 15.2 Å². The molecule has 0 bridgehead atoms. The van der Waals surface area contributed by atoms with E-state index in [1.54, 1.807) is 6.20 Å². The third-order valence-electron chi connectivity index (χ3n) is 6.27. The number of aromatic nitrogens is 1. The Morgan fingerprint density at radius 2 is 2.07 bits per heavy atom. The van der Waals surface area contributed by atoms with Gasteiger partial charge in [0.15, 0.2) is 0 Å². The fourth-order valence-corrected chi connectivity index (χ4v) is 4.06. The number of hydrogen-bond donors (Lipinski definition) is 1. The number of carbonyl (C=O) groups is 2. The molecule has 0 radical (unpaired) electrons. The zero-order chi connectivity index (χ0) is 18.8. The minimum atomic E-state index is -0.0720. The monoisotopic (exact) mass is 365 g/mol. The van der Waals surface area contributed by atoms with Crippen molar-refractivity contribution < 1.29 is 9.59 Å². The molecule has 0 spiro atoms. The van der Waals surface area contributed by atoms with Crippen LogP contribution >= 0.6 is 0 Å². The second-order valence-electron chi connectivity index (χ2n) is 8.06. The molecule has 2 heterocycles. The minimum Gasteiger partial charge on any atom is -0.352 e. The highest BCUT2D eigenvalue weighted by molar-refractivity contribution is 5.97. The van der Waals surface area contributed by atoms with E-state index in [2.05, 4.69) is 17.2 Å². The van der Waals surface area contributed by atoms with Crippen molar-refractivity contribution >= 4 is 22.7 Å². The van der Waals surface area contributed by atoms with Gasteiger partial charge in [-0.25, -0.2) is 0 Å². The van der Waals surface area contributed by atoms with Crippen molar-refractivity contribution in [1.29, 1.82) is 0 Å². The molecule has 1 saturated carbocycles. The van der Waals surface area contributed by atoms with Gasteiger partial charge in [-0.05, 0) is 49.3 Å². The fraction of sp³-hybridized carbons (Fsp3) is 0.500. The van der Waals surface area contributed by atoms with Crippen LogP contribution in [-0.2, 0) is 4.79 Å². The second kappa shape index (κ2) is 7.67. The molecule has 27 heavy (non-hydrogen) atoms. The molecular formula is C22H27N3O2. The van der Waals surface area contributed by atoms with E-state index >= 15 is 0 Å². The molecule has 5 nitrogen and oxygen atoms in total. The van der Waals surface area contributed by atoms with Gasteiger partial charge in [0.05, 0.1) is 5.52 Å². The van der Waals surface area contributed by atoms with Crippen molar-refractivity contribution in [2.75, 3.05) is 19.6 Å². The van der Waals surface area contributed by atoms with Crippen LogP contribution in [0.1, 0.15) is 43.0 Å². The molecule has 1 aromatic carbocycles. The summed E-state index contributed by atoms with van der Waals surface area (Å²) in [5, 5.41) is 4.10. The van der Waals surface area contributed by atoms with Gasteiger partial charge in [0.25, 0.3) is 5.91 Å². The molecule has 2 aliphatic rings. The van der Waals surface area contributed by atoms with E-state index in [0.717, 1.165) is 43.3 Å². The number of rotatable bonds is 4. The van der Waals surface area contributed by atoms with Gasteiger partial charge in [0.2, 0.25) is 5.91 Å². The summed E-state index contributed by atoms with van der Waals surface area (Å²) in [5.74, 6) is 1.32. The molecule has 1 aliphatic carbocycles. The predicted molar refractivity (Wildman–Crippen MR) is 105 cm³/mol. The maximum absolute atomic E-state index is 12.6. The van der Waals surface area contributed by atoms with Crippen LogP contribution in [-0.4, -0.2) is 41.3 Å². The summed E-state index contributed by atoms with van der Waals surface area (Å²) in [6, 6.07) is 9.49. The van der Waals surface area contributed by atoms with E-state index in [9.17, 15) is 9.59 Å². The third-order valence-corrected chi connectivity index (χ3v) is 6.27. The lowest BCUT2D eigenvalue weighted by Crippen LogP contribution is -2.49. The topological polar surface area (TPSA) is 62.3 Å². The number of hydrogen-bond acceptors (Lipinski definition) is 3. The number of amides is 2. The number of nitrogens with zero attached hydrogens (tertiary/aromatic N) is 2. The Kier molecular flexibility index (Phi) is 5.10. The number of carbonyl (C=O) groups excluding carboxylic acids is 2. The Morgan fingerprint density at radius 3 is 2.85 bits per heavy atom. The van der Waals surface area contributed by atoms with Crippen LogP contribution in [0.5, 0.6) is 0 Å². The smallest absolute Gasteiger partial charge is 0.251 e. The first kappa shape index (κ1) is 18.0. The fourth-order valence-electron chi connectivity index (χ4n) is 4.06. The Hall–Kier alpha value is -2.43. The van der Waals surface area contributed by atoms with E-state index in [4.69, 9.17) is 0 Å². The highest BCUT2D eigenvalue weighted by atomic mass is 16.2. The zero-order valence-electron chi connectivity index (χ0n) is 15.9. The van der Waals surface area contributed by atoms with E-state index in [1.807, 2.05) is 35.2 Å². The van der Waals surface area contributed by atoms with Crippen molar-refractivity contribution in [3.63, 3.8) is 0 Å². The number of likely N-dealkylation sites (tertiary alicyclic amines) is 1. The SMILES string of the molecule is CC1CCN(C(=O)C2CCC2)CC1CNC(=O)c1ccc2cccnc2c1. The van der Waals surface area contributed by atoms with Crippen LogP contribution < -0.4 is 5.32 Å². The quantitative estimate of drug-likeness (QED) is 0.905. The lowest BCUT2D eigenvalue weighted by molar-refractivity contribution is -0.140. The first-order valence-electron chi connectivity index (χ1n) is 10.0. The summed E-state index contributed by atoms with van der Waals surface area (Å²) < 4.78 is 0. The van der Waals surface area contributed by atoms with Gasteiger partial charge in [0.1, 0.15) is 0 Å². The minimum absolute atomic E-state index is 0.0720. The van der Waals surface area contributed by atoms with Crippen LogP contribution in [0, 0.1) is 17.8 Å². The van der Waals surface area contributed by atoms with Gasteiger partial charge in [-0.2, -0.15) is 0 Å². The molecule has 2 aromatic rings. The van der Waals surface area contributed by atoms with Gasteiger partial charge in [-0.1, -0.05) is 25.5 Å². The summed E-state index contributed by atoms with van der Waals surface area (Å²) in [7, 11) is 0. The van der Waals surface area contributed by atoms with Crippen molar-refractivity contribution in [3.8, 4) is 0 Å². The first-order valence-corrected chi connectivity index (χ1v) is 10.0. The summed E-state index contributed by atoms with van der Waals surface area (Å²) in [4.78, 5) is 31.5. The first-order chi connectivity index (χ1) is 13.1. The van der Waals surface area contributed by atoms with Crippen LogP contribution in [0.25, 0.3) is 10.9 Å². The maximum Gasteiger partial charge on any atom is 0.251 e. The Balaban J connectivity index is 1.37. The molecule has 142 valence electrons. The highest BCUT2D eigenvalue weighted by Gasteiger charge is 2.34. The molecule has 1 aliphatic heterocycles. The van der Waals surface area contributed by atoms with Crippen molar-refractivity contribution in [3.05, 3.63) is 42.1 Å². The average molecular weight is 365 g/mol. The summed E-state index contributed by atoms with van der Waals surface area (Å²) in [6.45, 7) is 4.45. The Morgan fingerprint density at radius 1 is 1.22 bits per heavy atom. The van der Waals surface area contributed by atoms with Crippen molar-refractivity contribution in [2.45, 2.75) is 32.6 Å². The normalized spacial score (nSPS) is 23.1. The number of nitrogens with one attached hydrogen (secondary N) is 1. The number of piperidine rings is 1. The molecule has 2 amide bonds. The predicted octanol–water partition coefficient (Wildman–Crippen LogP) is 3.25. The number of benzene rings is 1.